The van der Waals surface area contributed by atoms with Crippen LogP contribution in [-0.2, 0) is 14.3 Å². The van der Waals surface area contributed by atoms with Crippen LogP contribution in [0.15, 0.2) is 11.6 Å². The number of ether oxygens (including phenoxy) is 1. The van der Waals surface area contributed by atoms with E-state index in [4.69, 9.17) is 5.11 Å². The van der Waals surface area contributed by atoms with Crippen molar-refractivity contribution in [1.29, 1.82) is 0 Å². The molecule has 0 aliphatic carbocycles. The van der Waals surface area contributed by atoms with Gasteiger partial charge in [0, 0.05) is 19.4 Å². The molecule has 4 nitrogen and oxygen atoms in total. The first-order chi connectivity index (χ1) is 5.52. The number of hydrogen-bond acceptors (Lipinski definition) is 3. The summed E-state index contributed by atoms with van der Waals surface area (Å²) in [5.74, 6) is -1.33. The van der Waals surface area contributed by atoms with Crippen LogP contribution >= 0.6 is 0 Å². The average molecular weight is 172 g/mol. The molecule has 0 atom stereocenters. The number of rotatable bonds is 4. The van der Waals surface area contributed by atoms with Crippen molar-refractivity contribution in [1.82, 2.24) is 0 Å². The SMILES string of the molecule is CC(=O)OCC/C(C)=C/C(=O)O. The van der Waals surface area contributed by atoms with E-state index in [0.717, 1.165) is 6.08 Å². The molecule has 68 valence electrons. The van der Waals surface area contributed by atoms with Crippen LogP contribution in [0.25, 0.3) is 0 Å². The van der Waals surface area contributed by atoms with Gasteiger partial charge in [-0.15, -0.1) is 0 Å². The smallest absolute Gasteiger partial charge is 0.328 e. The van der Waals surface area contributed by atoms with Crippen molar-refractivity contribution < 1.29 is 19.4 Å². The predicted molar refractivity (Wildman–Crippen MR) is 42.6 cm³/mol. The van der Waals surface area contributed by atoms with Crippen molar-refractivity contribution in [2.45, 2.75) is 20.3 Å². The maximum atomic E-state index is 10.3. The summed E-state index contributed by atoms with van der Waals surface area (Å²) in [6.45, 7) is 3.23. The number of carbonyl (C=O) groups excluding carboxylic acids is 1. The van der Waals surface area contributed by atoms with Gasteiger partial charge in [0.05, 0.1) is 6.61 Å². The molecule has 0 radical (unpaired) electrons. The first kappa shape index (κ1) is 10.7. The monoisotopic (exact) mass is 172 g/mol. The van der Waals surface area contributed by atoms with E-state index in [0.29, 0.717) is 12.0 Å². The fraction of sp³-hybridized carbons (Fsp3) is 0.500. The van der Waals surface area contributed by atoms with E-state index in [1.54, 1.807) is 6.92 Å². The first-order valence-electron chi connectivity index (χ1n) is 3.56. The van der Waals surface area contributed by atoms with E-state index >= 15 is 0 Å². The largest absolute Gasteiger partial charge is 0.478 e. The molecule has 0 fully saturated rings. The maximum absolute atomic E-state index is 10.3. The third-order valence-electron chi connectivity index (χ3n) is 1.17. The van der Waals surface area contributed by atoms with Crippen LogP contribution in [0, 0.1) is 0 Å². The van der Waals surface area contributed by atoms with E-state index in [1.165, 1.54) is 6.92 Å². The quantitative estimate of drug-likeness (QED) is 0.507. The van der Waals surface area contributed by atoms with Crippen molar-refractivity contribution in [3.63, 3.8) is 0 Å². The molecule has 4 heteroatoms. The fourth-order valence-corrected chi connectivity index (χ4v) is 0.639. The van der Waals surface area contributed by atoms with E-state index in [-0.39, 0.29) is 12.6 Å². The Labute approximate surface area is 70.8 Å². The Bertz CT molecular complexity index is 205. The minimum absolute atomic E-state index is 0.241. The zero-order valence-corrected chi connectivity index (χ0v) is 7.16. The molecule has 1 N–H and O–H groups in total. The van der Waals surface area contributed by atoms with Crippen LogP contribution in [0.1, 0.15) is 20.3 Å². The van der Waals surface area contributed by atoms with Gasteiger partial charge in [-0.1, -0.05) is 5.57 Å². The van der Waals surface area contributed by atoms with Gasteiger partial charge < -0.3 is 9.84 Å². The first-order valence-corrected chi connectivity index (χ1v) is 3.56. The molecule has 0 heterocycles. The zero-order chi connectivity index (χ0) is 9.56. The van der Waals surface area contributed by atoms with Gasteiger partial charge in [0.15, 0.2) is 0 Å². The van der Waals surface area contributed by atoms with Crippen molar-refractivity contribution in [3.05, 3.63) is 11.6 Å². The van der Waals surface area contributed by atoms with Gasteiger partial charge in [-0.3, -0.25) is 4.79 Å². The number of carboxylic acid groups (broad SMARTS) is 1. The minimum atomic E-state index is -0.977. The molecule has 0 saturated heterocycles. The third-order valence-corrected chi connectivity index (χ3v) is 1.17. The van der Waals surface area contributed by atoms with E-state index in [2.05, 4.69) is 4.74 Å². The minimum Gasteiger partial charge on any atom is -0.478 e. The van der Waals surface area contributed by atoms with Gasteiger partial charge in [-0.05, 0) is 6.92 Å². The molecule has 0 aromatic carbocycles. The van der Waals surface area contributed by atoms with Crippen molar-refractivity contribution >= 4 is 11.9 Å². The van der Waals surface area contributed by atoms with E-state index in [1.807, 2.05) is 0 Å². The molecule has 12 heavy (non-hydrogen) atoms. The molecule has 0 saturated carbocycles. The molecule has 0 rings (SSSR count). The van der Waals surface area contributed by atoms with Crippen LogP contribution in [0.3, 0.4) is 0 Å². The summed E-state index contributed by atoms with van der Waals surface area (Å²) in [6.07, 6.45) is 1.56. The van der Waals surface area contributed by atoms with Crippen LogP contribution in [-0.4, -0.2) is 23.7 Å². The van der Waals surface area contributed by atoms with Crippen LogP contribution in [0.5, 0.6) is 0 Å². The number of hydrogen-bond donors (Lipinski definition) is 1. The molecular formula is C8H12O4. The molecule has 0 aliphatic rings. The molecule has 0 aromatic heterocycles. The summed E-state index contributed by atoms with van der Waals surface area (Å²) in [4.78, 5) is 20.4. The summed E-state index contributed by atoms with van der Waals surface area (Å²) in [5, 5.41) is 8.31. The molecule has 0 aromatic rings. The third kappa shape index (κ3) is 6.80. The summed E-state index contributed by atoms with van der Waals surface area (Å²) in [6, 6.07) is 0. The van der Waals surface area contributed by atoms with Crippen molar-refractivity contribution in [3.8, 4) is 0 Å². The fourth-order valence-electron chi connectivity index (χ4n) is 0.639. The number of esters is 1. The Hall–Kier alpha value is -1.32. The Morgan fingerprint density at radius 2 is 2.00 bits per heavy atom. The normalized spacial score (nSPS) is 11.0. The predicted octanol–water partition coefficient (Wildman–Crippen LogP) is 0.970. The highest BCUT2D eigenvalue weighted by atomic mass is 16.5. The summed E-state index contributed by atoms with van der Waals surface area (Å²) < 4.78 is 4.62. The zero-order valence-electron chi connectivity index (χ0n) is 7.16. The number of carbonyl (C=O) groups is 2. The van der Waals surface area contributed by atoms with E-state index < -0.39 is 5.97 Å². The lowest BCUT2D eigenvalue weighted by Crippen LogP contribution is -2.01. The lowest BCUT2D eigenvalue weighted by Gasteiger charge is -2.00. The Morgan fingerprint density at radius 3 is 2.42 bits per heavy atom. The summed E-state index contributed by atoms with van der Waals surface area (Å²) in [7, 11) is 0. The topological polar surface area (TPSA) is 63.6 Å². The average Bonchev–Trinajstić information content (AvgIpc) is 1.84. The van der Waals surface area contributed by atoms with Crippen LogP contribution < -0.4 is 0 Å². The highest BCUT2D eigenvalue weighted by Gasteiger charge is 1.96. The lowest BCUT2D eigenvalue weighted by molar-refractivity contribution is -0.140. The van der Waals surface area contributed by atoms with Crippen LogP contribution in [0.2, 0.25) is 0 Å². The Balaban J connectivity index is 3.64. The van der Waals surface area contributed by atoms with Gasteiger partial charge in [0.2, 0.25) is 0 Å². The van der Waals surface area contributed by atoms with Crippen molar-refractivity contribution in [2.24, 2.45) is 0 Å². The molecular weight excluding hydrogens is 160 g/mol. The number of aliphatic carboxylic acids is 1. The second-order valence-corrected chi connectivity index (χ2v) is 2.42. The number of carboxylic acids is 1. The highest BCUT2D eigenvalue weighted by molar-refractivity contribution is 5.80. The second kappa shape index (κ2) is 5.35. The molecule has 0 unspecified atom stereocenters. The summed E-state index contributed by atoms with van der Waals surface area (Å²) in [5.41, 5.74) is 0.684. The summed E-state index contributed by atoms with van der Waals surface area (Å²) >= 11 is 0. The lowest BCUT2D eigenvalue weighted by atomic mass is 10.2. The van der Waals surface area contributed by atoms with Gasteiger partial charge in [-0.25, -0.2) is 4.79 Å². The standard InChI is InChI=1S/C8H12O4/c1-6(5-8(10)11)3-4-12-7(2)9/h5H,3-4H2,1-2H3,(H,10,11)/b6-5+. The second-order valence-electron chi connectivity index (χ2n) is 2.42. The van der Waals surface area contributed by atoms with Crippen molar-refractivity contribution in [2.75, 3.05) is 6.61 Å². The van der Waals surface area contributed by atoms with E-state index in [9.17, 15) is 9.59 Å². The Morgan fingerprint density at radius 1 is 1.42 bits per heavy atom. The van der Waals surface area contributed by atoms with Gasteiger partial charge in [0.25, 0.3) is 0 Å². The molecule has 0 bridgehead atoms. The molecule has 0 spiro atoms. The molecule has 0 amide bonds. The maximum Gasteiger partial charge on any atom is 0.328 e. The Kier molecular flexibility index (Phi) is 4.76. The van der Waals surface area contributed by atoms with Gasteiger partial charge in [0.1, 0.15) is 0 Å². The van der Waals surface area contributed by atoms with Gasteiger partial charge in [-0.2, -0.15) is 0 Å². The van der Waals surface area contributed by atoms with Crippen LogP contribution in [0.4, 0.5) is 0 Å². The van der Waals surface area contributed by atoms with Gasteiger partial charge >= 0.3 is 11.9 Å². The highest BCUT2D eigenvalue weighted by Crippen LogP contribution is 1.99. The molecule has 0 aliphatic heterocycles.